The van der Waals surface area contributed by atoms with Crippen LogP contribution in [0.1, 0.15) is 66.2 Å². The van der Waals surface area contributed by atoms with Gasteiger partial charge in [0.1, 0.15) is 0 Å². The van der Waals surface area contributed by atoms with Gasteiger partial charge in [0.15, 0.2) is 0 Å². The van der Waals surface area contributed by atoms with Crippen LogP contribution in [0.25, 0.3) is 0 Å². The molecule has 0 aromatic heterocycles. The van der Waals surface area contributed by atoms with Crippen molar-refractivity contribution in [3.05, 3.63) is 0 Å². The Morgan fingerprint density at radius 3 is 2.28 bits per heavy atom. The molecule has 2 heteroatoms. The highest BCUT2D eigenvalue weighted by atomic mass is 15.2. The minimum Gasteiger partial charge on any atom is -0.316 e. The van der Waals surface area contributed by atoms with Gasteiger partial charge in [0.2, 0.25) is 0 Å². The van der Waals surface area contributed by atoms with E-state index in [-0.39, 0.29) is 0 Å². The average molecular weight is 254 g/mol. The number of piperidine rings is 1. The molecule has 0 amide bonds. The smallest absolute Gasteiger partial charge is 0.00978 e. The molecule has 0 saturated carbocycles. The van der Waals surface area contributed by atoms with E-state index >= 15 is 0 Å². The first kappa shape index (κ1) is 16.0. The maximum atomic E-state index is 3.56. The first-order valence-corrected chi connectivity index (χ1v) is 8.15. The molecule has 0 bridgehead atoms. The minimum absolute atomic E-state index is 0.690. The highest BCUT2D eigenvalue weighted by Gasteiger charge is 2.24. The Hall–Kier alpha value is -0.0800. The summed E-state index contributed by atoms with van der Waals surface area (Å²) >= 11 is 0. The monoisotopic (exact) mass is 254 g/mol. The van der Waals surface area contributed by atoms with Crippen LogP contribution < -0.4 is 5.32 Å². The summed E-state index contributed by atoms with van der Waals surface area (Å²) in [5.41, 5.74) is 0. The van der Waals surface area contributed by atoms with E-state index in [2.05, 4.69) is 37.9 Å². The Morgan fingerprint density at radius 2 is 1.83 bits per heavy atom. The van der Waals surface area contributed by atoms with Gasteiger partial charge in [-0.05, 0) is 58.5 Å². The zero-order valence-electron chi connectivity index (χ0n) is 13.0. The van der Waals surface area contributed by atoms with Crippen LogP contribution in [-0.4, -0.2) is 36.6 Å². The van der Waals surface area contributed by atoms with Gasteiger partial charge in [-0.2, -0.15) is 0 Å². The first-order valence-electron chi connectivity index (χ1n) is 8.15. The van der Waals surface area contributed by atoms with Gasteiger partial charge in [-0.1, -0.05) is 26.7 Å². The van der Waals surface area contributed by atoms with Crippen molar-refractivity contribution in [2.24, 2.45) is 5.92 Å². The van der Waals surface area contributed by atoms with Crippen molar-refractivity contribution in [1.29, 1.82) is 0 Å². The normalized spacial score (nSPS) is 21.2. The number of nitrogens with zero attached hydrogens (tertiary/aromatic N) is 1. The maximum Gasteiger partial charge on any atom is 0.00978 e. The fraction of sp³-hybridized carbons (Fsp3) is 1.00. The molecule has 1 heterocycles. The van der Waals surface area contributed by atoms with E-state index in [4.69, 9.17) is 0 Å². The van der Waals surface area contributed by atoms with Crippen molar-refractivity contribution in [2.45, 2.75) is 78.3 Å². The molecule has 0 aromatic rings. The van der Waals surface area contributed by atoms with Gasteiger partial charge < -0.3 is 5.32 Å². The molecule has 0 aromatic carbocycles. The number of rotatable bonds is 8. The van der Waals surface area contributed by atoms with Crippen LogP contribution in [0.3, 0.4) is 0 Å². The second-order valence-electron chi connectivity index (χ2n) is 6.23. The van der Waals surface area contributed by atoms with E-state index in [1.54, 1.807) is 0 Å². The molecule has 18 heavy (non-hydrogen) atoms. The number of hydrogen-bond acceptors (Lipinski definition) is 2. The lowest BCUT2D eigenvalue weighted by Crippen LogP contribution is -2.46. The number of nitrogens with one attached hydrogen (secondary N) is 1. The Labute approximate surface area is 115 Å². The van der Waals surface area contributed by atoms with E-state index < -0.39 is 0 Å². The van der Waals surface area contributed by atoms with Gasteiger partial charge in [-0.15, -0.1) is 0 Å². The lowest BCUT2D eigenvalue weighted by atomic mass is 9.95. The Bertz CT molecular complexity index is 191. The predicted octanol–water partition coefficient (Wildman–Crippen LogP) is 3.67. The molecular formula is C16H34N2. The van der Waals surface area contributed by atoms with Crippen molar-refractivity contribution in [3.63, 3.8) is 0 Å². The van der Waals surface area contributed by atoms with Crippen molar-refractivity contribution in [1.82, 2.24) is 10.2 Å². The Kier molecular flexibility index (Phi) is 7.92. The number of hydrogen-bond donors (Lipinski definition) is 1. The maximum absolute atomic E-state index is 3.56. The first-order chi connectivity index (χ1) is 8.69. The zero-order chi connectivity index (χ0) is 13.4. The highest BCUT2D eigenvalue weighted by Crippen LogP contribution is 2.20. The quantitative estimate of drug-likeness (QED) is 0.711. The van der Waals surface area contributed by atoms with Crippen LogP contribution in [0.15, 0.2) is 0 Å². The summed E-state index contributed by atoms with van der Waals surface area (Å²) < 4.78 is 0. The lowest BCUT2D eigenvalue weighted by Gasteiger charge is -2.38. The second-order valence-corrected chi connectivity index (χ2v) is 6.23. The summed E-state index contributed by atoms with van der Waals surface area (Å²) in [7, 11) is 0. The third-order valence-corrected chi connectivity index (χ3v) is 4.24. The van der Waals surface area contributed by atoms with E-state index in [1.165, 1.54) is 58.2 Å². The highest BCUT2D eigenvalue weighted by molar-refractivity contribution is 4.80. The van der Waals surface area contributed by atoms with Crippen molar-refractivity contribution < 1.29 is 0 Å². The molecule has 108 valence electrons. The van der Waals surface area contributed by atoms with E-state index in [1.807, 2.05) is 0 Å². The molecule has 0 aliphatic carbocycles. The summed E-state index contributed by atoms with van der Waals surface area (Å²) in [5, 5.41) is 3.56. The summed E-state index contributed by atoms with van der Waals surface area (Å²) in [5.74, 6) is 0.873. The van der Waals surface area contributed by atoms with Gasteiger partial charge in [0.05, 0.1) is 0 Å². The van der Waals surface area contributed by atoms with Gasteiger partial charge >= 0.3 is 0 Å². The van der Waals surface area contributed by atoms with Crippen molar-refractivity contribution in [3.8, 4) is 0 Å². The zero-order valence-corrected chi connectivity index (χ0v) is 13.0. The van der Waals surface area contributed by atoms with E-state index in [0.717, 1.165) is 12.0 Å². The third kappa shape index (κ3) is 5.27. The minimum atomic E-state index is 0.690. The van der Waals surface area contributed by atoms with Crippen LogP contribution in [-0.2, 0) is 0 Å². The van der Waals surface area contributed by atoms with Crippen LogP contribution in [0.2, 0.25) is 0 Å². The molecule has 1 fully saturated rings. The molecule has 2 nitrogen and oxygen atoms in total. The van der Waals surface area contributed by atoms with Crippen molar-refractivity contribution >= 4 is 0 Å². The molecule has 0 radical (unpaired) electrons. The largest absolute Gasteiger partial charge is 0.316 e. The Balaban J connectivity index is 2.54. The fourth-order valence-corrected chi connectivity index (χ4v) is 3.30. The summed E-state index contributed by atoms with van der Waals surface area (Å²) in [6, 6.07) is 1.50. The second kappa shape index (κ2) is 8.92. The molecule has 1 saturated heterocycles. The van der Waals surface area contributed by atoms with Gasteiger partial charge in [-0.3, -0.25) is 4.90 Å². The summed E-state index contributed by atoms with van der Waals surface area (Å²) in [6.07, 6.45) is 8.15. The van der Waals surface area contributed by atoms with Crippen molar-refractivity contribution in [2.75, 3.05) is 19.6 Å². The molecule has 1 N–H and O–H groups in total. The van der Waals surface area contributed by atoms with Crippen LogP contribution in [0, 0.1) is 5.92 Å². The summed E-state index contributed by atoms with van der Waals surface area (Å²) in [6.45, 7) is 13.1. The van der Waals surface area contributed by atoms with E-state index in [9.17, 15) is 0 Å². The third-order valence-electron chi connectivity index (χ3n) is 4.24. The molecule has 1 aliphatic rings. The topological polar surface area (TPSA) is 15.3 Å². The van der Waals surface area contributed by atoms with E-state index in [0.29, 0.717) is 6.04 Å². The van der Waals surface area contributed by atoms with Crippen LogP contribution in [0.5, 0.6) is 0 Å². The van der Waals surface area contributed by atoms with Crippen LogP contribution >= 0.6 is 0 Å². The fourth-order valence-electron chi connectivity index (χ4n) is 3.30. The molecule has 0 spiro atoms. The molecular weight excluding hydrogens is 220 g/mol. The molecule has 1 unspecified atom stereocenters. The SMILES string of the molecule is CCCC(CCC)N(CC1CCCNC1)C(C)C. The van der Waals surface area contributed by atoms with Gasteiger partial charge in [0.25, 0.3) is 0 Å². The van der Waals surface area contributed by atoms with Gasteiger partial charge in [0, 0.05) is 18.6 Å². The predicted molar refractivity (Wildman–Crippen MR) is 81.0 cm³/mol. The standard InChI is InChI=1S/C16H34N2/c1-5-8-16(9-6-2)18(14(3)4)13-15-10-7-11-17-12-15/h14-17H,5-13H2,1-4H3. The average Bonchev–Trinajstić information content (AvgIpc) is 2.37. The summed E-state index contributed by atoms with van der Waals surface area (Å²) in [4.78, 5) is 2.78. The molecule has 1 atom stereocenters. The Morgan fingerprint density at radius 1 is 1.17 bits per heavy atom. The molecule has 1 rings (SSSR count). The molecule has 1 aliphatic heterocycles. The van der Waals surface area contributed by atoms with Crippen LogP contribution in [0.4, 0.5) is 0 Å². The van der Waals surface area contributed by atoms with Gasteiger partial charge in [-0.25, -0.2) is 0 Å². The lowest BCUT2D eigenvalue weighted by molar-refractivity contribution is 0.105.